The molecule has 5 heteroatoms. The van der Waals surface area contributed by atoms with Crippen LogP contribution in [0, 0.1) is 0 Å². The zero-order chi connectivity index (χ0) is 16.2. The Morgan fingerprint density at radius 2 is 2.30 bits per heavy atom. The number of aryl methyl sites for hydroxylation is 1. The zero-order valence-electron chi connectivity index (χ0n) is 13.3. The Labute approximate surface area is 140 Å². The van der Waals surface area contributed by atoms with Crippen molar-refractivity contribution in [2.75, 3.05) is 6.54 Å². The van der Waals surface area contributed by atoms with Crippen molar-refractivity contribution in [1.82, 2.24) is 9.88 Å². The summed E-state index contributed by atoms with van der Waals surface area (Å²) < 4.78 is 0. The lowest BCUT2D eigenvalue weighted by molar-refractivity contribution is -0.145. The normalized spacial score (nSPS) is 20.3. The molecule has 1 aliphatic heterocycles. The van der Waals surface area contributed by atoms with Crippen LogP contribution in [0.4, 0.5) is 0 Å². The second kappa shape index (κ2) is 7.23. The number of carboxylic acid groups (broad SMARTS) is 1. The summed E-state index contributed by atoms with van der Waals surface area (Å²) in [4.78, 5) is 18.5. The van der Waals surface area contributed by atoms with E-state index >= 15 is 0 Å². The first-order valence-electron chi connectivity index (χ1n) is 8.16. The molecule has 1 saturated heterocycles. The van der Waals surface area contributed by atoms with Crippen LogP contribution in [0.2, 0.25) is 0 Å². The van der Waals surface area contributed by atoms with Gasteiger partial charge in [0.15, 0.2) is 0 Å². The number of pyridine rings is 1. The van der Waals surface area contributed by atoms with Gasteiger partial charge in [0.2, 0.25) is 0 Å². The lowest BCUT2D eigenvalue weighted by Gasteiger charge is -2.38. The van der Waals surface area contributed by atoms with E-state index in [1.807, 2.05) is 11.6 Å². The van der Waals surface area contributed by atoms with Gasteiger partial charge in [-0.3, -0.25) is 14.7 Å². The molecule has 2 atom stereocenters. The van der Waals surface area contributed by atoms with Gasteiger partial charge in [-0.05, 0) is 59.8 Å². The van der Waals surface area contributed by atoms with E-state index in [2.05, 4.69) is 40.4 Å². The summed E-state index contributed by atoms with van der Waals surface area (Å²) in [5.74, 6) is -0.727. The number of aliphatic carboxylic acids is 1. The molecular weight excluding hydrogens is 308 g/mol. The van der Waals surface area contributed by atoms with Crippen molar-refractivity contribution < 1.29 is 9.90 Å². The molecule has 4 nitrogen and oxygen atoms in total. The number of thiophene rings is 1. The Morgan fingerprint density at radius 3 is 2.91 bits per heavy atom. The minimum absolute atomic E-state index is 0.0754. The molecule has 2 aromatic rings. The quantitative estimate of drug-likeness (QED) is 0.907. The van der Waals surface area contributed by atoms with Crippen molar-refractivity contribution in [3.8, 4) is 0 Å². The fourth-order valence-electron chi connectivity index (χ4n) is 3.30. The zero-order valence-corrected chi connectivity index (χ0v) is 14.1. The molecule has 122 valence electrons. The highest BCUT2D eigenvalue weighted by Crippen LogP contribution is 2.34. The molecule has 0 radical (unpaired) electrons. The van der Waals surface area contributed by atoms with E-state index < -0.39 is 12.0 Å². The van der Waals surface area contributed by atoms with Crippen molar-refractivity contribution in [2.24, 2.45) is 0 Å². The van der Waals surface area contributed by atoms with E-state index in [9.17, 15) is 9.90 Å². The summed E-state index contributed by atoms with van der Waals surface area (Å²) in [5.41, 5.74) is 3.28. The predicted molar refractivity (Wildman–Crippen MR) is 91.8 cm³/mol. The highest BCUT2D eigenvalue weighted by molar-refractivity contribution is 7.08. The first-order chi connectivity index (χ1) is 11.2. The molecule has 0 saturated carbocycles. The number of hydrogen-bond acceptors (Lipinski definition) is 4. The van der Waals surface area contributed by atoms with Crippen molar-refractivity contribution in [1.29, 1.82) is 0 Å². The van der Waals surface area contributed by atoms with Crippen LogP contribution in [0.25, 0.3) is 0 Å². The number of hydrogen-bond donors (Lipinski definition) is 1. The number of carboxylic acids is 1. The third-order valence-electron chi connectivity index (χ3n) is 4.56. The highest BCUT2D eigenvalue weighted by atomic mass is 32.1. The van der Waals surface area contributed by atoms with Crippen LogP contribution in [-0.4, -0.2) is 33.5 Å². The maximum atomic E-state index is 11.7. The number of rotatable bonds is 5. The van der Waals surface area contributed by atoms with Crippen molar-refractivity contribution in [2.45, 2.75) is 44.7 Å². The van der Waals surface area contributed by atoms with Crippen LogP contribution in [0.1, 0.15) is 49.0 Å². The van der Waals surface area contributed by atoms with Crippen molar-refractivity contribution in [3.05, 3.63) is 52.0 Å². The molecule has 0 spiro atoms. The van der Waals surface area contributed by atoms with Crippen LogP contribution < -0.4 is 0 Å². The minimum atomic E-state index is -0.727. The molecule has 0 aromatic carbocycles. The topological polar surface area (TPSA) is 53.4 Å². The SMILES string of the molecule is CCc1ccc(C(c2ccsc2)N2CCCCC2C(=O)O)nc1. The fourth-order valence-corrected chi connectivity index (χ4v) is 3.98. The maximum Gasteiger partial charge on any atom is 0.320 e. The molecule has 1 aliphatic rings. The molecule has 3 rings (SSSR count). The Morgan fingerprint density at radius 1 is 1.43 bits per heavy atom. The number of nitrogens with zero attached hydrogens (tertiary/aromatic N) is 2. The van der Waals surface area contributed by atoms with Gasteiger partial charge in [-0.25, -0.2) is 0 Å². The van der Waals surface area contributed by atoms with E-state index in [4.69, 9.17) is 0 Å². The number of aromatic nitrogens is 1. The molecule has 23 heavy (non-hydrogen) atoms. The average molecular weight is 330 g/mol. The monoisotopic (exact) mass is 330 g/mol. The third-order valence-corrected chi connectivity index (χ3v) is 5.26. The van der Waals surface area contributed by atoms with E-state index in [-0.39, 0.29) is 6.04 Å². The Kier molecular flexibility index (Phi) is 5.08. The lowest BCUT2D eigenvalue weighted by atomic mass is 9.95. The molecule has 0 amide bonds. The molecule has 0 aliphatic carbocycles. The summed E-state index contributed by atoms with van der Waals surface area (Å²) in [5, 5.41) is 13.8. The van der Waals surface area contributed by atoms with Gasteiger partial charge >= 0.3 is 5.97 Å². The highest BCUT2D eigenvalue weighted by Gasteiger charge is 2.35. The van der Waals surface area contributed by atoms with E-state index in [1.54, 1.807) is 11.3 Å². The van der Waals surface area contributed by atoms with Crippen LogP contribution in [-0.2, 0) is 11.2 Å². The van der Waals surface area contributed by atoms with Gasteiger partial charge < -0.3 is 5.11 Å². The number of likely N-dealkylation sites (tertiary alicyclic amines) is 1. The second-order valence-corrected chi connectivity index (χ2v) is 6.77. The van der Waals surface area contributed by atoms with Gasteiger partial charge in [0.1, 0.15) is 6.04 Å². The average Bonchev–Trinajstić information content (AvgIpc) is 3.10. The molecule has 3 heterocycles. The van der Waals surface area contributed by atoms with Gasteiger partial charge in [0.05, 0.1) is 11.7 Å². The second-order valence-electron chi connectivity index (χ2n) is 5.99. The first-order valence-corrected chi connectivity index (χ1v) is 9.10. The van der Waals surface area contributed by atoms with Crippen molar-refractivity contribution in [3.63, 3.8) is 0 Å². The van der Waals surface area contributed by atoms with Gasteiger partial charge in [-0.15, -0.1) is 0 Å². The molecule has 1 fully saturated rings. The Hall–Kier alpha value is -1.72. The maximum absolute atomic E-state index is 11.7. The summed E-state index contributed by atoms with van der Waals surface area (Å²) in [7, 11) is 0. The summed E-state index contributed by atoms with van der Waals surface area (Å²) in [6, 6.07) is 5.73. The molecule has 1 N–H and O–H groups in total. The molecule has 2 unspecified atom stereocenters. The van der Waals surface area contributed by atoms with Crippen LogP contribution in [0.5, 0.6) is 0 Å². The molecular formula is C18H22N2O2S. The molecule has 2 aromatic heterocycles. The fraction of sp³-hybridized carbons (Fsp3) is 0.444. The Balaban J connectivity index is 1.99. The van der Waals surface area contributed by atoms with E-state index in [0.717, 1.165) is 37.1 Å². The summed E-state index contributed by atoms with van der Waals surface area (Å²) >= 11 is 1.64. The molecule has 0 bridgehead atoms. The smallest absolute Gasteiger partial charge is 0.320 e. The first kappa shape index (κ1) is 16.1. The van der Waals surface area contributed by atoms with Crippen molar-refractivity contribution >= 4 is 17.3 Å². The van der Waals surface area contributed by atoms with E-state index in [1.165, 1.54) is 5.56 Å². The van der Waals surface area contributed by atoms with E-state index in [0.29, 0.717) is 6.42 Å². The van der Waals surface area contributed by atoms with Crippen LogP contribution in [0.15, 0.2) is 35.2 Å². The summed E-state index contributed by atoms with van der Waals surface area (Å²) in [6.07, 6.45) is 5.60. The largest absolute Gasteiger partial charge is 0.480 e. The van der Waals surface area contributed by atoms with Crippen LogP contribution >= 0.6 is 11.3 Å². The standard InChI is InChI=1S/C18H22N2O2S/c1-2-13-6-7-15(19-11-13)17(14-8-10-23-12-14)20-9-4-3-5-16(20)18(21)22/h6-8,10-12,16-17H,2-5,9H2,1H3,(H,21,22). The number of piperidine rings is 1. The minimum Gasteiger partial charge on any atom is -0.480 e. The Bertz CT molecular complexity index is 640. The van der Waals surface area contributed by atoms with Crippen LogP contribution in [0.3, 0.4) is 0 Å². The predicted octanol–water partition coefficient (Wildman–Crippen LogP) is 3.73. The van der Waals surface area contributed by atoms with Gasteiger partial charge in [0.25, 0.3) is 0 Å². The number of carbonyl (C=O) groups is 1. The summed E-state index contributed by atoms with van der Waals surface area (Å²) in [6.45, 7) is 2.91. The van der Waals surface area contributed by atoms with Gasteiger partial charge in [-0.2, -0.15) is 11.3 Å². The van der Waals surface area contributed by atoms with Gasteiger partial charge in [0, 0.05) is 6.20 Å². The third kappa shape index (κ3) is 3.46. The van der Waals surface area contributed by atoms with Gasteiger partial charge in [-0.1, -0.05) is 19.4 Å². The lowest BCUT2D eigenvalue weighted by Crippen LogP contribution is -2.47.